The van der Waals surface area contributed by atoms with Gasteiger partial charge in [0.05, 0.1) is 0 Å². The molecular weight excluding hydrogens is 280 g/mol. The van der Waals surface area contributed by atoms with E-state index >= 15 is 0 Å². The van der Waals surface area contributed by atoms with Crippen molar-refractivity contribution in [1.29, 1.82) is 0 Å². The Balaban J connectivity index is 1.68. The molecule has 0 aliphatic heterocycles. The fraction of sp³-hybridized carbons (Fsp3) is 0.333. The SMILES string of the molecule is Oc1ccc(OC2CCCCC2Oc2ccc(O)cc2)cc1. The minimum absolute atomic E-state index is 0.00732. The van der Waals surface area contributed by atoms with Gasteiger partial charge in [-0.25, -0.2) is 0 Å². The van der Waals surface area contributed by atoms with Crippen LogP contribution in [0.3, 0.4) is 0 Å². The summed E-state index contributed by atoms with van der Waals surface area (Å²) < 4.78 is 12.1. The van der Waals surface area contributed by atoms with Crippen molar-refractivity contribution in [2.24, 2.45) is 0 Å². The Kier molecular flexibility index (Phi) is 4.37. The zero-order chi connectivity index (χ0) is 15.4. The molecule has 1 aliphatic rings. The topological polar surface area (TPSA) is 58.9 Å². The molecule has 0 aromatic heterocycles. The van der Waals surface area contributed by atoms with Gasteiger partial charge >= 0.3 is 0 Å². The lowest BCUT2D eigenvalue weighted by Gasteiger charge is -2.32. The van der Waals surface area contributed by atoms with Gasteiger partial charge in [-0.1, -0.05) is 0 Å². The first kappa shape index (κ1) is 14.6. The molecule has 0 bridgehead atoms. The Labute approximate surface area is 129 Å². The van der Waals surface area contributed by atoms with Crippen LogP contribution in [0.25, 0.3) is 0 Å². The second kappa shape index (κ2) is 6.60. The predicted octanol–water partition coefficient (Wildman–Crippen LogP) is 3.87. The second-order valence-corrected chi connectivity index (χ2v) is 5.58. The number of hydrogen-bond donors (Lipinski definition) is 2. The number of phenolic OH excluding ortho intramolecular Hbond substituents is 2. The van der Waals surface area contributed by atoms with Gasteiger partial charge < -0.3 is 19.7 Å². The molecular formula is C18H20O4. The van der Waals surface area contributed by atoms with Gasteiger partial charge in [0.2, 0.25) is 0 Å². The summed E-state index contributed by atoms with van der Waals surface area (Å²) in [6.07, 6.45) is 4.13. The molecule has 0 amide bonds. The summed E-state index contributed by atoms with van der Waals surface area (Å²) in [4.78, 5) is 0. The summed E-state index contributed by atoms with van der Waals surface area (Å²) in [5.41, 5.74) is 0. The molecule has 2 atom stereocenters. The molecule has 0 heterocycles. The smallest absolute Gasteiger partial charge is 0.135 e. The van der Waals surface area contributed by atoms with Crippen molar-refractivity contribution >= 4 is 0 Å². The van der Waals surface area contributed by atoms with E-state index in [0.717, 1.165) is 37.2 Å². The third-order valence-electron chi connectivity index (χ3n) is 3.89. The highest BCUT2D eigenvalue weighted by molar-refractivity contribution is 5.31. The Hall–Kier alpha value is -2.36. The molecule has 0 spiro atoms. The first-order valence-corrected chi connectivity index (χ1v) is 7.62. The summed E-state index contributed by atoms with van der Waals surface area (Å²) in [6.45, 7) is 0. The normalized spacial score (nSPS) is 21.3. The van der Waals surface area contributed by atoms with Crippen LogP contribution in [0.2, 0.25) is 0 Å². The molecule has 2 unspecified atom stereocenters. The zero-order valence-electron chi connectivity index (χ0n) is 12.3. The van der Waals surface area contributed by atoms with Crippen molar-refractivity contribution in [3.63, 3.8) is 0 Å². The lowest BCUT2D eigenvalue weighted by Crippen LogP contribution is -2.39. The van der Waals surface area contributed by atoms with Crippen LogP contribution in [-0.2, 0) is 0 Å². The molecule has 3 rings (SSSR count). The van der Waals surface area contributed by atoms with E-state index in [-0.39, 0.29) is 23.7 Å². The summed E-state index contributed by atoms with van der Waals surface area (Å²) >= 11 is 0. The monoisotopic (exact) mass is 300 g/mol. The lowest BCUT2D eigenvalue weighted by molar-refractivity contribution is 0.0231. The molecule has 22 heavy (non-hydrogen) atoms. The fourth-order valence-corrected chi connectivity index (χ4v) is 2.73. The van der Waals surface area contributed by atoms with E-state index < -0.39 is 0 Å². The molecule has 1 aliphatic carbocycles. The van der Waals surface area contributed by atoms with E-state index in [1.54, 1.807) is 48.5 Å². The Morgan fingerprint density at radius 3 is 1.36 bits per heavy atom. The maximum Gasteiger partial charge on any atom is 0.135 e. The highest BCUT2D eigenvalue weighted by atomic mass is 16.5. The minimum Gasteiger partial charge on any atom is -0.508 e. The number of phenols is 2. The number of rotatable bonds is 4. The summed E-state index contributed by atoms with van der Waals surface area (Å²) in [6, 6.07) is 13.5. The Morgan fingerprint density at radius 2 is 1.00 bits per heavy atom. The first-order valence-electron chi connectivity index (χ1n) is 7.62. The van der Waals surface area contributed by atoms with Crippen LogP contribution in [0.4, 0.5) is 0 Å². The molecule has 116 valence electrons. The Morgan fingerprint density at radius 1 is 0.636 bits per heavy atom. The molecule has 1 fully saturated rings. The van der Waals surface area contributed by atoms with Gasteiger partial charge in [-0.05, 0) is 74.2 Å². The van der Waals surface area contributed by atoms with Gasteiger partial charge in [-0.3, -0.25) is 0 Å². The maximum absolute atomic E-state index is 9.33. The Bertz CT molecular complexity index is 536. The van der Waals surface area contributed by atoms with Gasteiger partial charge in [0.15, 0.2) is 0 Å². The van der Waals surface area contributed by atoms with Crippen LogP contribution < -0.4 is 9.47 Å². The summed E-state index contributed by atoms with van der Waals surface area (Å²) in [5.74, 6) is 1.94. The second-order valence-electron chi connectivity index (χ2n) is 5.58. The molecule has 2 aromatic rings. The van der Waals surface area contributed by atoms with Gasteiger partial charge in [0.25, 0.3) is 0 Å². The molecule has 1 saturated carbocycles. The predicted molar refractivity (Wildman–Crippen MR) is 83.5 cm³/mol. The number of ether oxygens (including phenoxy) is 2. The quantitative estimate of drug-likeness (QED) is 0.900. The number of aromatic hydroxyl groups is 2. The average Bonchev–Trinajstić information content (AvgIpc) is 2.54. The van der Waals surface area contributed by atoms with Crippen molar-refractivity contribution in [3.05, 3.63) is 48.5 Å². The van der Waals surface area contributed by atoms with E-state index in [1.165, 1.54) is 0 Å². The van der Waals surface area contributed by atoms with Crippen molar-refractivity contribution in [1.82, 2.24) is 0 Å². The molecule has 4 heteroatoms. The zero-order valence-corrected chi connectivity index (χ0v) is 12.3. The molecule has 0 saturated heterocycles. The van der Waals surface area contributed by atoms with E-state index in [4.69, 9.17) is 9.47 Å². The largest absolute Gasteiger partial charge is 0.508 e. The maximum atomic E-state index is 9.33. The lowest BCUT2D eigenvalue weighted by atomic mass is 9.94. The van der Waals surface area contributed by atoms with E-state index in [0.29, 0.717) is 0 Å². The number of benzene rings is 2. The van der Waals surface area contributed by atoms with Crippen molar-refractivity contribution < 1.29 is 19.7 Å². The van der Waals surface area contributed by atoms with Crippen molar-refractivity contribution in [2.75, 3.05) is 0 Å². The van der Waals surface area contributed by atoms with Crippen LogP contribution in [0, 0.1) is 0 Å². The van der Waals surface area contributed by atoms with Gasteiger partial charge in [0.1, 0.15) is 35.2 Å². The van der Waals surface area contributed by atoms with Gasteiger partial charge in [-0.15, -0.1) is 0 Å². The van der Waals surface area contributed by atoms with E-state index in [9.17, 15) is 10.2 Å². The van der Waals surface area contributed by atoms with Crippen molar-refractivity contribution in [3.8, 4) is 23.0 Å². The first-order chi connectivity index (χ1) is 10.7. The third-order valence-corrected chi connectivity index (χ3v) is 3.89. The number of hydrogen-bond acceptors (Lipinski definition) is 4. The average molecular weight is 300 g/mol. The minimum atomic E-state index is -0.00732. The van der Waals surface area contributed by atoms with Crippen LogP contribution in [0.1, 0.15) is 25.7 Å². The van der Waals surface area contributed by atoms with Crippen LogP contribution in [0.5, 0.6) is 23.0 Å². The van der Waals surface area contributed by atoms with E-state index in [1.807, 2.05) is 0 Å². The summed E-state index contributed by atoms with van der Waals surface area (Å²) in [5, 5.41) is 18.7. The third kappa shape index (κ3) is 3.64. The summed E-state index contributed by atoms with van der Waals surface area (Å²) in [7, 11) is 0. The standard InChI is InChI=1S/C18H20O4/c19-13-5-9-15(10-6-13)21-17-3-1-2-4-18(17)22-16-11-7-14(20)8-12-16/h5-12,17-20H,1-4H2. The molecule has 0 radical (unpaired) electrons. The van der Waals surface area contributed by atoms with Gasteiger partial charge in [-0.2, -0.15) is 0 Å². The highest BCUT2D eigenvalue weighted by Crippen LogP contribution is 2.28. The molecule has 2 N–H and O–H groups in total. The highest BCUT2D eigenvalue weighted by Gasteiger charge is 2.28. The van der Waals surface area contributed by atoms with Crippen LogP contribution in [-0.4, -0.2) is 22.4 Å². The molecule has 4 nitrogen and oxygen atoms in total. The fourth-order valence-electron chi connectivity index (χ4n) is 2.73. The molecule has 2 aromatic carbocycles. The van der Waals surface area contributed by atoms with Crippen LogP contribution in [0.15, 0.2) is 48.5 Å². The van der Waals surface area contributed by atoms with Crippen molar-refractivity contribution in [2.45, 2.75) is 37.9 Å². The van der Waals surface area contributed by atoms with E-state index in [2.05, 4.69) is 0 Å². The van der Waals surface area contributed by atoms with Crippen LogP contribution >= 0.6 is 0 Å². The van der Waals surface area contributed by atoms with Gasteiger partial charge in [0, 0.05) is 0 Å².